The molecule has 1 N–H and O–H groups in total. The fourth-order valence-corrected chi connectivity index (χ4v) is 3.45. The Labute approximate surface area is 146 Å². The molecule has 1 aromatic carbocycles. The molecule has 0 unspecified atom stereocenters. The van der Waals surface area contributed by atoms with Gasteiger partial charge in [0.05, 0.1) is 12.6 Å². The third-order valence-electron chi connectivity index (χ3n) is 4.53. The molecule has 0 radical (unpaired) electrons. The predicted molar refractivity (Wildman–Crippen MR) is 92.1 cm³/mol. The molecule has 2 heterocycles. The standard InChI is InChI=1S/C17H22ClN3O3/c18-13-3-1-4-14(9-13)21-8-7-20(12-17(21)24)16(23)11-19-6-2-5-15(22)10-19/h1,3-4,9,15,22H,2,5-8,10-12H2/t15-/m0/s1. The number of piperazine rings is 1. The van der Waals surface area contributed by atoms with Gasteiger partial charge in [-0.05, 0) is 37.6 Å². The fraction of sp³-hybridized carbons (Fsp3) is 0.529. The number of likely N-dealkylation sites (tertiary alicyclic amines) is 1. The number of rotatable bonds is 3. The Morgan fingerprint density at radius 1 is 1.29 bits per heavy atom. The van der Waals surface area contributed by atoms with Gasteiger partial charge in [0, 0.05) is 30.3 Å². The van der Waals surface area contributed by atoms with E-state index in [0.29, 0.717) is 24.7 Å². The van der Waals surface area contributed by atoms with E-state index in [2.05, 4.69) is 0 Å². The molecule has 2 aliphatic heterocycles. The molecule has 0 aliphatic carbocycles. The number of nitrogens with zero attached hydrogens (tertiary/aromatic N) is 3. The van der Waals surface area contributed by atoms with Crippen molar-refractivity contribution < 1.29 is 14.7 Å². The lowest BCUT2D eigenvalue weighted by Crippen LogP contribution is -2.55. The third kappa shape index (κ3) is 4.06. The number of halogens is 1. The quantitative estimate of drug-likeness (QED) is 0.881. The lowest BCUT2D eigenvalue weighted by atomic mass is 10.1. The van der Waals surface area contributed by atoms with Crippen molar-refractivity contribution in [1.29, 1.82) is 0 Å². The molecule has 7 heteroatoms. The van der Waals surface area contributed by atoms with Crippen LogP contribution in [0.5, 0.6) is 0 Å². The molecule has 2 aliphatic rings. The van der Waals surface area contributed by atoms with Gasteiger partial charge in [0.1, 0.15) is 6.54 Å². The number of anilines is 1. The summed E-state index contributed by atoms with van der Waals surface area (Å²) in [7, 11) is 0. The van der Waals surface area contributed by atoms with E-state index >= 15 is 0 Å². The van der Waals surface area contributed by atoms with Gasteiger partial charge in [0.15, 0.2) is 0 Å². The Bertz CT molecular complexity index is 625. The normalized spacial score (nSPS) is 22.8. The molecule has 1 atom stereocenters. The Balaban J connectivity index is 1.57. The molecule has 0 aromatic heterocycles. The minimum absolute atomic E-state index is 0.0526. The number of benzene rings is 1. The number of aliphatic hydroxyl groups excluding tert-OH is 1. The Morgan fingerprint density at radius 3 is 2.83 bits per heavy atom. The monoisotopic (exact) mass is 351 g/mol. The molecule has 2 saturated heterocycles. The third-order valence-corrected chi connectivity index (χ3v) is 4.77. The molecule has 3 rings (SSSR count). The highest BCUT2D eigenvalue weighted by Gasteiger charge is 2.29. The van der Waals surface area contributed by atoms with Crippen molar-refractivity contribution in [2.24, 2.45) is 0 Å². The number of aliphatic hydroxyl groups is 1. The van der Waals surface area contributed by atoms with Crippen LogP contribution in [0.4, 0.5) is 5.69 Å². The van der Waals surface area contributed by atoms with Crippen LogP contribution in [0.3, 0.4) is 0 Å². The van der Waals surface area contributed by atoms with Crippen LogP contribution in [0.2, 0.25) is 5.02 Å². The number of amides is 2. The Morgan fingerprint density at radius 2 is 2.12 bits per heavy atom. The van der Waals surface area contributed by atoms with Crippen LogP contribution in [-0.4, -0.2) is 72.1 Å². The van der Waals surface area contributed by atoms with E-state index in [4.69, 9.17) is 11.6 Å². The van der Waals surface area contributed by atoms with Gasteiger partial charge < -0.3 is 14.9 Å². The van der Waals surface area contributed by atoms with Gasteiger partial charge in [0.2, 0.25) is 11.8 Å². The summed E-state index contributed by atoms with van der Waals surface area (Å²) in [5, 5.41) is 10.3. The first-order valence-corrected chi connectivity index (χ1v) is 8.65. The molecule has 0 bridgehead atoms. The maximum Gasteiger partial charge on any atom is 0.246 e. The summed E-state index contributed by atoms with van der Waals surface area (Å²) in [4.78, 5) is 30.1. The summed E-state index contributed by atoms with van der Waals surface area (Å²) >= 11 is 5.98. The van der Waals surface area contributed by atoms with Crippen molar-refractivity contribution in [2.75, 3.05) is 44.2 Å². The van der Waals surface area contributed by atoms with Crippen molar-refractivity contribution >= 4 is 29.1 Å². The van der Waals surface area contributed by atoms with Crippen molar-refractivity contribution in [3.63, 3.8) is 0 Å². The molecular weight excluding hydrogens is 330 g/mol. The summed E-state index contributed by atoms with van der Waals surface area (Å²) in [5.74, 6) is -0.154. The van der Waals surface area contributed by atoms with Crippen molar-refractivity contribution in [2.45, 2.75) is 18.9 Å². The molecule has 2 amide bonds. The van der Waals surface area contributed by atoms with Gasteiger partial charge in [0.25, 0.3) is 0 Å². The Kier molecular flexibility index (Phi) is 5.38. The number of carbonyl (C=O) groups is 2. The van der Waals surface area contributed by atoms with Crippen LogP contribution in [-0.2, 0) is 9.59 Å². The number of hydrogen-bond donors (Lipinski definition) is 1. The second-order valence-electron chi connectivity index (χ2n) is 6.37. The fourth-order valence-electron chi connectivity index (χ4n) is 3.27. The number of hydrogen-bond acceptors (Lipinski definition) is 4. The van der Waals surface area contributed by atoms with E-state index in [-0.39, 0.29) is 31.0 Å². The number of piperidine rings is 1. The zero-order valence-electron chi connectivity index (χ0n) is 13.5. The smallest absolute Gasteiger partial charge is 0.246 e. The first-order valence-electron chi connectivity index (χ1n) is 8.27. The largest absolute Gasteiger partial charge is 0.392 e. The number of β-amino-alcohol motifs (C(OH)–C–C–N with tert-alkyl or cyclic N) is 1. The lowest BCUT2D eigenvalue weighted by molar-refractivity contribution is -0.138. The van der Waals surface area contributed by atoms with E-state index in [1.165, 1.54) is 0 Å². The molecule has 0 saturated carbocycles. The molecule has 6 nitrogen and oxygen atoms in total. The molecule has 1 aromatic rings. The van der Waals surface area contributed by atoms with E-state index in [1.807, 2.05) is 17.0 Å². The second-order valence-corrected chi connectivity index (χ2v) is 6.81. The van der Waals surface area contributed by atoms with Gasteiger partial charge >= 0.3 is 0 Å². The first-order chi connectivity index (χ1) is 11.5. The van der Waals surface area contributed by atoms with Gasteiger partial charge in [-0.15, -0.1) is 0 Å². The van der Waals surface area contributed by atoms with Gasteiger partial charge in [-0.25, -0.2) is 0 Å². The van der Waals surface area contributed by atoms with Crippen molar-refractivity contribution in [3.05, 3.63) is 29.3 Å². The maximum atomic E-state index is 12.4. The highest BCUT2D eigenvalue weighted by molar-refractivity contribution is 6.30. The van der Waals surface area contributed by atoms with Crippen molar-refractivity contribution in [3.8, 4) is 0 Å². The Hall–Kier alpha value is -1.63. The van der Waals surface area contributed by atoms with Crippen LogP contribution in [0, 0.1) is 0 Å². The van der Waals surface area contributed by atoms with Crippen LogP contribution in [0.15, 0.2) is 24.3 Å². The van der Waals surface area contributed by atoms with Gasteiger partial charge in [-0.3, -0.25) is 14.5 Å². The molecule has 130 valence electrons. The van der Waals surface area contributed by atoms with E-state index in [9.17, 15) is 14.7 Å². The lowest BCUT2D eigenvalue weighted by Gasteiger charge is -2.36. The number of carbonyl (C=O) groups excluding carboxylic acids is 2. The summed E-state index contributed by atoms with van der Waals surface area (Å²) < 4.78 is 0. The van der Waals surface area contributed by atoms with Crippen LogP contribution in [0.1, 0.15) is 12.8 Å². The molecule has 2 fully saturated rings. The highest BCUT2D eigenvalue weighted by atomic mass is 35.5. The first kappa shape index (κ1) is 17.2. The summed E-state index contributed by atoms with van der Waals surface area (Å²) in [6.45, 7) is 2.67. The van der Waals surface area contributed by atoms with E-state index in [1.54, 1.807) is 21.9 Å². The molecule has 0 spiro atoms. The minimum Gasteiger partial charge on any atom is -0.392 e. The second kappa shape index (κ2) is 7.51. The van der Waals surface area contributed by atoms with Crippen LogP contribution in [0.25, 0.3) is 0 Å². The minimum atomic E-state index is -0.354. The van der Waals surface area contributed by atoms with Gasteiger partial charge in [-0.1, -0.05) is 17.7 Å². The topological polar surface area (TPSA) is 64.1 Å². The zero-order valence-corrected chi connectivity index (χ0v) is 14.3. The van der Waals surface area contributed by atoms with Crippen molar-refractivity contribution in [1.82, 2.24) is 9.80 Å². The average molecular weight is 352 g/mol. The predicted octanol–water partition coefficient (Wildman–Crippen LogP) is 0.972. The average Bonchev–Trinajstić information content (AvgIpc) is 2.54. The van der Waals surface area contributed by atoms with Crippen LogP contribution >= 0.6 is 11.6 Å². The molecular formula is C17H22ClN3O3. The molecule has 24 heavy (non-hydrogen) atoms. The maximum absolute atomic E-state index is 12.4. The van der Waals surface area contributed by atoms with E-state index in [0.717, 1.165) is 25.1 Å². The SMILES string of the molecule is O=C(CN1CCC[C@H](O)C1)N1CCN(c2cccc(Cl)c2)C(=O)C1. The summed E-state index contributed by atoms with van der Waals surface area (Å²) in [5.41, 5.74) is 0.763. The zero-order chi connectivity index (χ0) is 17.1. The van der Waals surface area contributed by atoms with Crippen LogP contribution < -0.4 is 4.90 Å². The highest BCUT2D eigenvalue weighted by Crippen LogP contribution is 2.21. The van der Waals surface area contributed by atoms with E-state index < -0.39 is 0 Å². The summed E-state index contributed by atoms with van der Waals surface area (Å²) in [6, 6.07) is 7.18. The summed E-state index contributed by atoms with van der Waals surface area (Å²) in [6.07, 6.45) is 1.34. The van der Waals surface area contributed by atoms with Gasteiger partial charge in [-0.2, -0.15) is 0 Å².